The van der Waals surface area contributed by atoms with E-state index in [0.29, 0.717) is 45.1 Å². The van der Waals surface area contributed by atoms with Crippen LogP contribution in [0.4, 0.5) is 13.2 Å². The molecule has 2 saturated heterocycles. The molecule has 2 aliphatic rings. The molecule has 0 bridgehead atoms. The van der Waals surface area contributed by atoms with Gasteiger partial charge < -0.3 is 10.2 Å². The summed E-state index contributed by atoms with van der Waals surface area (Å²) in [5.41, 5.74) is 0. The van der Waals surface area contributed by atoms with Crippen LogP contribution in [0, 0.1) is 5.92 Å². The molecule has 25 heavy (non-hydrogen) atoms. The molecular weight excluding hydrogens is 357 g/mol. The fourth-order valence-electron chi connectivity index (χ4n) is 3.37. The van der Waals surface area contributed by atoms with Crippen molar-refractivity contribution in [1.82, 2.24) is 15.1 Å². The third-order valence-electron chi connectivity index (χ3n) is 4.88. The molecule has 2 fully saturated rings. The van der Waals surface area contributed by atoms with E-state index in [1.807, 2.05) is 4.90 Å². The number of nitrogens with one attached hydrogen (secondary N) is 1. The zero-order chi connectivity index (χ0) is 18.9. The van der Waals surface area contributed by atoms with E-state index in [1.165, 1.54) is 4.90 Å². The summed E-state index contributed by atoms with van der Waals surface area (Å²) in [5.74, 6) is 0.807. The molecule has 2 heterocycles. The molecule has 1 unspecified atom stereocenters. The minimum Gasteiger partial charge on any atom is -0.356 e. The summed E-state index contributed by atoms with van der Waals surface area (Å²) in [5, 5.41) is 3.20. The van der Waals surface area contributed by atoms with Gasteiger partial charge in [0.1, 0.15) is 0 Å². The van der Waals surface area contributed by atoms with E-state index in [-0.39, 0.29) is 11.7 Å². The SMILES string of the molecule is CN=C(NCC1CCN(CC(F)(F)F)C1)N1CCS(=O)(=O)C(C)(C)C1. The highest BCUT2D eigenvalue weighted by Gasteiger charge is 2.41. The number of likely N-dealkylation sites (tertiary alicyclic amines) is 1. The topological polar surface area (TPSA) is 65.0 Å². The molecule has 0 aromatic carbocycles. The Labute approximate surface area is 147 Å². The number of nitrogens with zero attached hydrogens (tertiary/aromatic N) is 3. The lowest BCUT2D eigenvalue weighted by Gasteiger charge is -2.39. The van der Waals surface area contributed by atoms with Crippen molar-refractivity contribution in [3.05, 3.63) is 0 Å². The van der Waals surface area contributed by atoms with Crippen LogP contribution in [0.25, 0.3) is 0 Å². The Hall–Kier alpha value is -1.03. The minimum atomic E-state index is -4.16. The van der Waals surface area contributed by atoms with Crippen molar-refractivity contribution in [2.45, 2.75) is 31.2 Å². The third-order valence-corrected chi connectivity index (χ3v) is 7.41. The van der Waals surface area contributed by atoms with E-state index in [0.717, 1.165) is 0 Å². The van der Waals surface area contributed by atoms with Crippen LogP contribution in [0.2, 0.25) is 0 Å². The molecule has 0 saturated carbocycles. The molecular formula is C15H27F3N4O2S. The first-order valence-electron chi connectivity index (χ1n) is 8.40. The van der Waals surface area contributed by atoms with Crippen molar-refractivity contribution in [2.24, 2.45) is 10.9 Å². The van der Waals surface area contributed by atoms with Crippen molar-refractivity contribution < 1.29 is 21.6 Å². The van der Waals surface area contributed by atoms with Crippen LogP contribution in [-0.2, 0) is 9.84 Å². The summed E-state index contributed by atoms with van der Waals surface area (Å²) in [6.07, 6.45) is -3.46. The van der Waals surface area contributed by atoms with Gasteiger partial charge >= 0.3 is 6.18 Å². The molecule has 0 aromatic rings. The highest BCUT2D eigenvalue weighted by atomic mass is 32.2. The number of halogens is 3. The van der Waals surface area contributed by atoms with E-state index >= 15 is 0 Å². The maximum Gasteiger partial charge on any atom is 0.401 e. The van der Waals surface area contributed by atoms with Crippen LogP contribution in [0.1, 0.15) is 20.3 Å². The smallest absolute Gasteiger partial charge is 0.356 e. The van der Waals surface area contributed by atoms with E-state index in [1.54, 1.807) is 20.9 Å². The van der Waals surface area contributed by atoms with Gasteiger partial charge in [-0.3, -0.25) is 9.89 Å². The Morgan fingerprint density at radius 2 is 2.00 bits per heavy atom. The summed E-state index contributed by atoms with van der Waals surface area (Å²) >= 11 is 0. The lowest BCUT2D eigenvalue weighted by Crippen LogP contribution is -2.57. The number of hydrogen-bond donors (Lipinski definition) is 1. The second kappa shape index (κ2) is 7.30. The quantitative estimate of drug-likeness (QED) is 0.580. The Balaban J connectivity index is 1.86. The maximum absolute atomic E-state index is 12.4. The fraction of sp³-hybridized carbons (Fsp3) is 0.933. The first-order valence-corrected chi connectivity index (χ1v) is 10.1. The normalized spacial score (nSPS) is 27.5. The molecule has 2 rings (SSSR count). The standard InChI is InChI=1S/C15H27F3N4O2S/c1-14(2)10-22(6-7-25(14,23)24)13(19-3)20-8-12-4-5-21(9-12)11-15(16,17)18/h12H,4-11H2,1-3H3,(H,19,20). The minimum absolute atomic E-state index is 0.0729. The lowest BCUT2D eigenvalue weighted by atomic mass is 10.1. The van der Waals surface area contributed by atoms with Gasteiger partial charge in [-0.25, -0.2) is 8.42 Å². The van der Waals surface area contributed by atoms with Gasteiger partial charge in [-0.15, -0.1) is 0 Å². The molecule has 0 amide bonds. The average Bonchev–Trinajstić information content (AvgIpc) is 2.88. The predicted octanol–water partition coefficient (Wildman–Crippen LogP) is 0.955. The summed E-state index contributed by atoms with van der Waals surface area (Å²) < 4.78 is 60.7. The van der Waals surface area contributed by atoms with Gasteiger partial charge in [0.2, 0.25) is 0 Å². The Bertz CT molecular complexity index is 604. The van der Waals surface area contributed by atoms with E-state index in [9.17, 15) is 21.6 Å². The number of hydrogen-bond acceptors (Lipinski definition) is 4. The molecule has 0 radical (unpaired) electrons. The Morgan fingerprint density at radius 3 is 2.56 bits per heavy atom. The van der Waals surface area contributed by atoms with E-state index < -0.39 is 27.3 Å². The second-order valence-electron chi connectivity index (χ2n) is 7.43. The number of rotatable bonds is 3. The van der Waals surface area contributed by atoms with Crippen LogP contribution < -0.4 is 5.32 Å². The van der Waals surface area contributed by atoms with Gasteiger partial charge in [0.15, 0.2) is 15.8 Å². The lowest BCUT2D eigenvalue weighted by molar-refractivity contribution is -0.143. The molecule has 1 atom stereocenters. The van der Waals surface area contributed by atoms with Crippen LogP contribution in [0.3, 0.4) is 0 Å². The molecule has 2 aliphatic heterocycles. The first-order chi connectivity index (χ1) is 11.4. The summed E-state index contributed by atoms with van der Waals surface area (Å²) in [4.78, 5) is 7.54. The van der Waals surface area contributed by atoms with Crippen molar-refractivity contribution >= 4 is 15.8 Å². The fourth-order valence-corrected chi connectivity index (χ4v) is 4.73. The zero-order valence-corrected chi connectivity index (χ0v) is 15.8. The summed E-state index contributed by atoms with van der Waals surface area (Å²) in [6.45, 7) is 4.64. The van der Waals surface area contributed by atoms with Crippen LogP contribution in [0.5, 0.6) is 0 Å². The highest BCUT2D eigenvalue weighted by molar-refractivity contribution is 7.92. The van der Waals surface area contributed by atoms with Crippen LogP contribution in [-0.4, -0.2) is 87.2 Å². The molecule has 0 spiro atoms. The van der Waals surface area contributed by atoms with Crippen LogP contribution >= 0.6 is 0 Å². The molecule has 0 aliphatic carbocycles. The summed E-state index contributed by atoms with van der Waals surface area (Å²) in [7, 11) is -1.50. The number of sulfone groups is 1. The number of aliphatic imine (C=N–C) groups is 1. The predicted molar refractivity (Wildman–Crippen MR) is 91.4 cm³/mol. The molecule has 146 valence electrons. The van der Waals surface area contributed by atoms with Gasteiger partial charge in [-0.1, -0.05) is 0 Å². The largest absolute Gasteiger partial charge is 0.401 e. The van der Waals surface area contributed by atoms with Crippen molar-refractivity contribution in [2.75, 3.05) is 52.1 Å². The van der Waals surface area contributed by atoms with Crippen molar-refractivity contribution in [1.29, 1.82) is 0 Å². The summed E-state index contributed by atoms with van der Waals surface area (Å²) in [6, 6.07) is 0. The molecule has 10 heteroatoms. The number of guanidine groups is 1. The van der Waals surface area contributed by atoms with Gasteiger partial charge in [0.05, 0.1) is 17.0 Å². The highest BCUT2D eigenvalue weighted by Crippen LogP contribution is 2.24. The second-order valence-corrected chi connectivity index (χ2v) is 10.2. The first kappa shape index (κ1) is 20.3. The third kappa shape index (κ3) is 5.22. The van der Waals surface area contributed by atoms with E-state index in [4.69, 9.17) is 0 Å². The molecule has 6 nitrogen and oxygen atoms in total. The van der Waals surface area contributed by atoms with Gasteiger partial charge in [0.25, 0.3) is 0 Å². The Morgan fingerprint density at radius 1 is 1.32 bits per heavy atom. The van der Waals surface area contributed by atoms with Gasteiger partial charge in [-0.2, -0.15) is 13.2 Å². The number of alkyl halides is 3. The zero-order valence-electron chi connectivity index (χ0n) is 14.9. The van der Waals surface area contributed by atoms with Crippen molar-refractivity contribution in [3.63, 3.8) is 0 Å². The molecule has 0 aromatic heterocycles. The maximum atomic E-state index is 12.4. The van der Waals surface area contributed by atoms with Crippen molar-refractivity contribution in [3.8, 4) is 0 Å². The Kier molecular flexibility index (Phi) is 5.92. The van der Waals surface area contributed by atoms with Gasteiger partial charge in [0, 0.05) is 33.2 Å². The van der Waals surface area contributed by atoms with E-state index in [2.05, 4.69) is 10.3 Å². The van der Waals surface area contributed by atoms with Crippen LogP contribution in [0.15, 0.2) is 4.99 Å². The van der Waals surface area contributed by atoms with Gasteiger partial charge in [-0.05, 0) is 32.7 Å². The molecule has 1 N–H and O–H groups in total. The monoisotopic (exact) mass is 384 g/mol. The average molecular weight is 384 g/mol.